The molecule has 28 heavy (non-hydrogen) atoms. The fourth-order valence-corrected chi connectivity index (χ4v) is 4.34. The maximum Gasteiger partial charge on any atom is 0.306 e. The molecule has 2 unspecified atom stereocenters. The van der Waals surface area contributed by atoms with E-state index in [9.17, 15) is 4.79 Å². The van der Waals surface area contributed by atoms with Crippen LogP contribution in [0.25, 0.3) is 0 Å². The molecular weight excluding hydrogens is 348 g/mol. The van der Waals surface area contributed by atoms with Crippen LogP contribution in [0.1, 0.15) is 135 Å². The number of carbonyl (C=O) groups is 1. The Bertz CT molecular complexity index is 356. The van der Waals surface area contributed by atoms with Crippen molar-refractivity contribution in [2.75, 3.05) is 7.11 Å². The molecule has 3 nitrogen and oxygen atoms in total. The highest BCUT2D eigenvalue weighted by Crippen LogP contribution is 2.24. The summed E-state index contributed by atoms with van der Waals surface area (Å²) in [5.74, 6) is -0.0244. The smallest absolute Gasteiger partial charge is 0.306 e. The van der Waals surface area contributed by atoms with Crippen LogP contribution < -0.4 is 0 Å². The molecule has 1 saturated carbocycles. The topological polar surface area (TPSA) is 35.5 Å². The van der Waals surface area contributed by atoms with E-state index in [0.717, 1.165) is 32.1 Å². The molecule has 0 saturated heterocycles. The number of carbonyl (C=O) groups excluding carboxylic acids is 1. The lowest BCUT2D eigenvalue weighted by atomic mass is 9.94. The van der Waals surface area contributed by atoms with Crippen LogP contribution in [0, 0.1) is 0 Å². The summed E-state index contributed by atoms with van der Waals surface area (Å²) in [6.45, 7) is 2.28. The largest absolute Gasteiger partial charge is 0.460 e. The SMILES string of the molecule is CCCCCCCCCCCCCCCCCC(=O)OC1CCCCC1OC. The highest BCUT2D eigenvalue weighted by Gasteiger charge is 2.27. The van der Waals surface area contributed by atoms with Gasteiger partial charge in [-0.1, -0.05) is 103 Å². The van der Waals surface area contributed by atoms with E-state index in [-0.39, 0.29) is 18.2 Å². The van der Waals surface area contributed by atoms with Crippen molar-refractivity contribution in [3.05, 3.63) is 0 Å². The summed E-state index contributed by atoms with van der Waals surface area (Å²) in [6.07, 6.45) is 25.2. The van der Waals surface area contributed by atoms with Crippen molar-refractivity contribution in [1.29, 1.82) is 0 Å². The summed E-state index contributed by atoms with van der Waals surface area (Å²) >= 11 is 0. The zero-order chi connectivity index (χ0) is 20.3. The monoisotopic (exact) mass is 396 g/mol. The van der Waals surface area contributed by atoms with E-state index < -0.39 is 0 Å². The second kappa shape index (κ2) is 18.5. The molecule has 0 aromatic heterocycles. The van der Waals surface area contributed by atoms with Gasteiger partial charge < -0.3 is 9.47 Å². The number of rotatable bonds is 18. The van der Waals surface area contributed by atoms with Crippen molar-refractivity contribution in [3.63, 3.8) is 0 Å². The van der Waals surface area contributed by atoms with E-state index >= 15 is 0 Å². The molecule has 0 heterocycles. The van der Waals surface area contributed by atoms with Gasteiger partial charge in [-0.3, -0.25) is 4.79 Å². The molecule has 0 amide bonds. The van der Waals surface area contributed by atoms with Crippen molar-refractivity contribution >= 4 is 5.97 Å². The zero-order valence-corrected chi connectivity index (χ0v) is 19.0. The zero-order valence-electron chi connectivity index (χ0n) is 19.0. The second-order valence-electron chi connectivity index (χ2n) is 8.79. The maximum absolute atomic E-state index is 12.0. The molecular formula is C25H48O3. The molecule has 1 fully saturated rings. The van der Waals surface area contributed by atoms with Crippen molar-refractivity contribution in [1.82, 2.24) is 0 Å². The van der Waals surface area contributed by atoms with Crippen LogP contribution in [-0.2, 0) is 14.3 Å². The van der Waals surface area contributed by atoms with Crippen LogP contribution in [-0.4, -0.2) is 25.3 Å². The van der Waals surface area contributed by atoms with Crippen LogP contribution in [0.2, 0.25) is 0 Å². The van der Waals surface area contributed by atoms with Gasteiger partial charge in [0.15, 0.2) is 0 Å². The Hall–Kier alpha value is -0.570. The number of hydrogen-bond acceptors (Lipinski definition) is 3. The van der Waals surface area contributed by atoms with Gasteiger partial charge in [-0.2, -0.15) is 0 Å². The molecule has 3 heteroatoms. The minimum absolute atomic E-state index is 0.0115. The highest BCUT2D eigenvalue weighted by atomic mass is 16.6. The first-order valence-corrected chi connectivity index (χ1v) is 12.5. The van der Waals surface area contributed by atoms with Crippen LogP contribution in [0.3, 0.4) is 0 Å². The molecule has 0 aromatic carbocycles. The Morgan fingerprint density at radius 1 is 0.679 bits per heavy atom. The van der Waals surface area contributed by atoms with Crippen LogP contribution >= 0.6 is 0 Å². The molecule has 0 aromatic rings. The Morgan fingerprint density at radius 2 is 1.11 bits per heavy atom. The molecule has 1 aliphatic carbocycles. The first kappa shape index (κ1) is 25.5. The Morgan fingerprint density at radius 3 is 1.57 bits per heavy atom. The van der Waals surface area contributed by atoms with Gasteiger partial charge in [-0.25, -0.2) is 0 Å². The van der Waals surface area contributed by atoms with Gasteiger partial charge in [0, 0.05) is 13.5 Å². The lowest BCUT2D eigenvalue weighted by Crippen LogP contribution is -2.35. The third-order valence-electron chi connectivity index (χ3n) is 6.21. The predicted octanol–water partition coefficient (Wildman–Crippen LogP) is 7.75. The minimum Gasteiger partial charge on any atom is -0.460 e. The van der Waals surface area contributed by atoms with Crippen LogP contribution in [0.15, 0.2) is 0 Å². The van der Waals surface area contributed by atoms with E-state index in [0.29, 0.717) is 6.42 Å². The minimum atomic E-state index is -0.0244. The van der Waals surface area contributed by atoms with E-state index in [2.05, 4.69) is 6.92 Å². The average molecular weight is 397 g/mol. The molecule has 1 rings (SSSR count). The molecule has 1 aliphatic rings. The fraction of sp³-hybridized carbons (Fsp3) is 0.960. The van der Waals surface area contributed by atoms with Crippen molar-refractivity contribution < 1.29 is 14.3 Å². The van der Waals surface area contributed by atoms with Gasteiger partial charge in [0.05, 0.1) is 6.10 Å². The summed E-state index contributed by atoms with van der Waals surface area (Å²) in [5, 5.41) is 0. The number of methoxy groups -OCH3 is 1. The third kappa shape index (κ3) is 13.6. The van der Waals surface area contributed by atoms with E-state index in [1.807, 2.05) is 0 Å². The molecule has 2 atom stereocenters. The van der Waals surface area contributed by atoms with Gasteiger partial charge in [-0.05, 0) is 25.7 Å². The van der Waals surface area contributed by atoms with E-state index in [1.54, 1.807) is 7.11 Å². The standard InChI is InChI=1S/C25H48O3/c1-3-4-5-6-7-8-9-10-11-12-13-14-15-16-17-22-25(26)28-24-21-19-18-20-23(24)27-2/h23-24H,3-22H2,1-2H3. The van der Waals surface area contributed by atoms with Gasteiger partial charge in [0.25, 0.3) is 0 Å². The second-order valence-corrected chi connectivity index (χ2v) is 8.79. The number of esters is 1. The number of unbranched alkanes of at least 4 members (excludes halogenated alkanes) is 14. The summed E-state index contributed by atoms with van der Waals surface area (Å²) in [4.78, 5) is 12.0. The van der Waals surface area contributed by atoms with Gasteiger partial charge in [0.1, 0.15) is 6.10 Å². The highest BCUT2D eigenvalue weighted by molar-refractivity contribution is 5.69. The quantitative estimate of drug-likeness (QED) is 0.175. The van der Waals surface area contributed by atoms with Gasteiger partial charge >= 0.3 is 5.97 Å². The Balaban J connectivity index is 1.82. The molecule has 0 aliphatic heterocycles. The van der Waals surface area contributed by atoms with Gasteiger partial charge in [-0.15, -0.1) is 0 Å². The van der Waals surface area contributed by atoms with Crippen LogP contribution in [0.4, 0.5) is 0 Å². The summed E-state index contributed by atoms with van der Waals surface area (Å²) in [6, 6.07) is 0. The first-order valence-electron chi connectivity index (χ1n) is 12.5. The van der Waals surface area contributed by atoms with Crippen LogP contribution in [0.5, 0.6) is 0 Å². The lowest BCUT2D eigenvalue weighted by Gasteiger charge is -2.29. The Kier molecular flexibility index (Phi) is 16.8. The number of ether oxygens (including phenoxy) is 2. The molecule has 166 valence electrons. The lowest BCUT2D eigenvalue weighted by molar-refractivity contribution is -0.159. The van der Waals surface area contributed by atoms with Gasteiger partial charge in [0.2, 0.25) is 0 Å². The first-order chi connectivity index (χ1) is 13.8. The maximum atomic E-state index is 12.0. The summed E-state index contributed by atoms with van der Waals surface area (Å²) in [5.41, 5.74) is 0. The molecule has 0 bridgehead atoms. The third-order valence-corrected chi connectivity index (χ3v) is 6.21. The number of hydrogen-bond donors (Lipinski definition) is 0. The average Bonchev–Trinajstić information content (AvgIpc) is 2.71. The van der Waals surface area contributed by atoms with E-state index in [1.165, 1.54) is 89.9 Å². The van der Waals surface area contributed by atoms with Crippen molar-refractivity contribution in [3.8, 4) is 0 Å². The Labute approximate surface area is 175 Å². The van der Waals surface area contributed by atoms with Crippen molar-refractivity contribution in [2.24, 2.45) is 0 Å². The van der Waals surface area contributed by atoms with E-state index in [4.69, 9.17) is 9.47 Å². The molecule has 0 N–H and O–H groups in total. The molecule has 0 radical (unpaired) electrons. The predicted molar refractivity (Wildman–Crippen MR) is 119 cm³/mol. The summed E-state index contributed by atoms with van der Waals surface area (Å²) < 4.78 is 11.1. The fourth-order valence-electron chi connectivity index (χ4n) is 4.34. The van der Waals surface area contributed by atoms with Crippen molar-refractivity contribution in [2.45, 2.75) is 148 Å². The normalized spacial score (nSPS) is 19.6. The molecule has 0 spiro atoms. The summed E-state index contributed by atoms with van der Waals surface area (Å²) in [7, 11) is 1.73.